The Balaban J connectivity index is 1.31. The number of benzene rings is 3. The van der Waals surface area contributed by atoms with E-state index in [9.17, 15) is 26.3 Å². The van der Waals surface area contributed by atoms with Gasteiger partial charge in [0.2, 0.25) is 0 Å². The zero-order valence-corrected chi connectivity index (χ0v) is 27.5. The molecule has 5 nitrogen and oxygen atoms in total. The molecule has 0 spiro atoms. The van der Waals surface area contributed by atoms with Gasteiger partial charge in [0.25, 0.3) is 0 Å². The number of anilines is 3. The first kappa shape index (κ1) is 33.5. The third kappa shape index (κ3) is 8.09. The second-order valence-corrected chi connectivity index (χ2v) is 13.8. The molecular formula is C38H40F6N4O. The Kier molecular flexibility index (Phi) is 9.15. The Hall–Kier alpha value is -3.99. The van der Waals surface area contributed by atoms with Gasteiger partial charge in [0.15, 0.2) is 0 Å². The molecule has 0 unspecified atom stereocenters. The number of halogens is 6. The molecule has 2 heterocycles. The molecule has 1 saturated heterocycles. The van der Waals surface area contributed by atoms with Gasteiger partial charge >= 0.3 is 12.4 Å². The SMILES string of the molecule is Cc1cccc2cc(CN(Cc3cc(C(F)(F)F)cc(C(F)(F)F)c3)c3ccc(N4CCOCC4)cc3)c(N(CC3CC3)CC3CC3)nc12. The molecule has 260 valence electrons. The number of hydrogen-bond donors (Lipinski definition) is 0. The molecule has 0 bridgehead atoms. The summed E-state index contributed by atoms with van der Waals surface area (Å²) in [5.74, 6) is 2.03. The number of para-hydroxylation sites is 1. The van der Waals surface area contributed by atoms with Crippen molar-refractivity contribution in [2.24, 2.45) is 11.8 Å². The Morgan fingerprint density at radius 2 is 1.37 bits per heavy atom. The van der Waals surface area contributed by atoms with Gasteiger partial charge in [0.05, 0.1) is 29.9 Å². The Morgan fingerprint density at radius 1 is 0.755 bits per heavy atom. The maximum Gasteiger partial charge on any atom is 0.416 e. The lowest BCUT2D eigenvalue weighted by atomic mass is 10.0. The molecule has 0 N–H and O–H groups in total. The number of morpholine rings is 1. The van der Waals surface area contributed by atoms with Gasteiger partial charge in [-0.05, 0) is 104 Å². The summed E-state index contributed by atoms with van der Waals surface area (Å²) in [7, 11) is 0. The van der Waals surface area contributed by atoms with E-state index in [-0.39, 0.29) is 24.7 Å². The molecule has 1 aliphatic heterocycles. The molecule has 2 saturated carbocycles. The van der Waals surface area contributed by atoms with Crippen molar-refractivity contribution in [3.63, 3.8) is 0 Å². The molecule has 0 amide bonds. The van der Waals surface area contributed by atoms with Gasteiger partial charge < -0.3 is 19.4 Å². The molecule has 1 aromatic heterocycles. The highest BCUT2D eigenvalue weighted by atomic mass is 19.4. The van der Waals surface area contributed by atoms with Crippen LogP contribution in [-0.2, 0) is 30.2 Å². The largest absolute Gasteiger partial charge is 0.416 e. The lowest BCUT2D eigenvalue weighted by Gasteiger charge is -2.32. The fourth-order valence-corrected chi connectivity index (χ4v) is 6.71. The first-order chi connectivity index (χ1) is 23.4. The smallest absolute Gasteiger partial charge is 0.378 e. The van der Waals surface area contributed by atoms with E-state index >= 15 is 0 Å². The van der Waals surface area contributed by atoms with Crippen molar-refractivity contribution in [2.45, 2.75) is 58.0 Å². The molecule has 11 heteroatoms. The highest BCUT2D eigenvalue weighted by molar-refractivity contribution is 5.85. The maximum absolute atomic E-state index is 13.9. The van der Waals surface area contributed by atoms with Crippen LogP contribution >= 0.6 is 0 Å². The molecule has 3 aromatic carbocycles. The van der Waals surface area contributed by atoms with Crippen LogP contribution in [0.3, 0.4) is 0 Å². The number of rotatable bonds is 11. The van der Waals surface area contributed by atoms with E-state index in [4.69, 9.17) is 9.72 Å². The normalized spacial score (nSPS) is 17.1. The molecular weight excluding hydrogens is 642 g/mol. The first-order valence-electron chi connectivity index (χ1n) is 17.0. The van der Waals surface area contributed by atoms with E-state index < -0.39 is 23.5 Å². The van der Waals surface area contributed by atoms with Crippen molar-refractivity contribution in [2.75, 3.05) is 54.1 Å². The molecule has 0 radical (unpaired) electrons. The summed E-state index contributed by atoms with van der Waals surface area (Å²) < 4.78 is 88.9. The maximum atomic E-state index is 13.9. The molecule has 3 fully saturated rings. The summed E-state index contributed by atoms with van der Waals surface area (Å²) in [6, 6.07) is 17.6. The first-order valence-corrected chi connectivity index (χ1v) is 17.0. The van der Waals surface area contributed by atoms with E-state index in [0.717, 1.165) is 71.8 Å². The Bertz CT molecular complexity index is 1730. The quantitative estimate of drug-likeness (QED) is 0.147. The predicted octanol–water partition coefficient (Wildman–Crippen LogP) is 9.25. The third-order valence-electron chi connectivity index (χ3n) is 9.73. The molecule has 2 aliphatic carbocycles. The van der Waals surface area contributed by atoms with Gasteiger partial charge in [-0.3, -0.25) is 0 Å². The number of ether oxygens (including phenoxy) is 1. The number of nitrogens with zero attached hydrogens (tertiary/aromatic N) is 4. The molecule has 0 atom stereocenters. The van der Waals surface area contributed by atoms with Crippen LogP contribution in [0.25, 0.3) is 10.9 Å². The van der Waals surface area contributed by atoms with Crippen LogP contribution in [0.2, 0.25) is 0 Å². The van der Waals surface area contributed by atoms with Crippen LogP contribution in [0.15, 0.2) is 66.7 Å². The third-order valence-corrected chi connectivity index (χ3v) is 9.73. The van der Waals surface area contributed by atoms with E-state index in [0.29, 0.717) is 30.7 Å². The minimum Gasteiger partial charge on any atom is -0.378 e. The lowest BCUT2D eigenvalue weighted by molar-refractivity contribution is -0.143. The fourth-order valence-electron chi connectivity index (χ4n) is 6.71. The predicted molar refractivity (Wildman–Crippen MR) is 180 cm³/mol. The summed E-state index contributed by atoms with van der Waals surface area (Å²) >= 11 is 0. The highest BCUT2D eigenvalue weighted by Gasteiger charge is 2.37. The van der Waals surface area contributed by atoms with E-state index in [1.165, 1.54) is 25.7 Å². The molecule has 4 aromatic rings. The van der Waals surface area contributed by atoms with Gasteiger partial charge in [-0.1, -0.05) is 18.2 Å². The van der Waals surface area contributed by atoms with Gasteiger partial charge in [-0.15, -0.1) is 0 Å². The number of hydrogen-bond acceptors (Lipinski definition) is 5. The molecule has 49 heavy (non-hydrogen) atoms. The van der Waals surface area contributed by atoms with Crippen LogP contribution in [0.1, 0.15) is 53.5 Å². The summed E-state index contributed by atoms with van der Waals surface area (Å²) in [6.07, 6.45) is -5.19. The summed E-state index contributed by atoms with van der Waals surface area (Å²) in [4.78, 5) is 11.7. The minimum absolute atomic E-state index is 0.0710. The van der Waals surface area contributed by atoms with Gasteiger partial charge in [0.1, 0.15) is 5.82 Å². The number of alkyl halides is 6. The van der Waals surface area contributed by atoms with Crippen molar-refractivity contribution < 1.29 is 31.1 Å². The van der Waals surface area contributed by atoms with Gasteiger partial charge in [-0.2, -0.15) is 26.3 Å². The van der Waals surface area contributed by atoms with Crippen molar-refractivity contribution >= 4 is 28.1 Å². The summed E-state index contributed by atoms with van der Waals surface area (Å²) in [5.41, 5.74) is 1.79. The monoisotopic (exact) mass is 682 g/mol. The van der Waals surface area contributed by atoms with E-state index in [1.807, 2.05) is 54.3 Å². The van der Waals surface area contributed by atoms with Crippen molar-refractivity contribution in [3.05, 3.63) is 94.5 Å². The van der Waals surface area contributed by atoms with Gasteiger partial charge in [-0.25, -0.2) is 4.98 Å². The Labute approximate surface area is 282 Å². The van der Waals surface area contributed by atoms with E-state index in [2.05, 4.69) is 15.9 Å². The van der Waals surface area contributed by atoms with Crippen LogP contribution in [0.5, 0.6) is 0 Å². The average Bonchev–Trinajstić information content (AvgIpc) is 4.02. The Morgan fingerprint density at radius 3 is 1.94 bits per heavy atom. The van der Waals surface area contributed by atoms with E-state index in [1.54, 1.807) is 0 Å². The number of pyridine rings is 1. The van der Waals surface area contributed by atoms with Crippen molar-refractivity contribution in [1.82, 2.24) is 4.98 Å². The number of fused-ring (bicyclic) bond motifs is 1. The number of aryl methyl sites for hydroxylation is 1. The topological polar surface area (TPSA) is 31.8 Å². The standard InChI is InChI=1S/C38H40F6N4O/c1-25-3-2-4-29-19-30(36(45-35(25)29)48(21-26-5-6-26)22-27-7-8-27)24-47(34-11-9-33(10-12-34)46-13-15-49-16-14-46)23-28-17-31(37(39,40)41)20-32(18-28)38(42,43)44/h2-4,9-12,17-20,26-27H,5-8,13-16,21-24H2,1H3. The summed E-state index contributed by atoms with van der Waals surface area (Å²) in [6.45, 7) is 6.55. The van der Waals surface area contributed by atoms with Gasteiger partial charge in [0, 0.05) is 61.6 Å². The van der Waals surface area contributed by atoms with Crippen LogP contribution in [0, 0.1) is 18.8 Å². The van der Waals surface area contributed by atoms with Crippen molar-refractivity contribution in [1.29, 1.82) is 0 Å². The zero-order chi connectivity index (χ0) is 34.3. The second kappa shape index (κ2) is 13.4. The fraction of sp³-hybridized carbons (Fsp3) is 0.447. The molecule has 3 aliphatic rings. The second-order valence-electron chi connectivity index (χ2n) is 13.8. The number of aromatic nitrogens is 1. The molecule has 7 rings (SSSR count). The average molecular weight is 683 g/mol. The summed E-state index contributed by atoms with van der Waals surface area (Å²) in [5, 5.41) is 0.942. The van der Waals surface area contributed by atoms with Crippen molar-refractivity contribution in [3.8, 4) is 0 Å². The van der Waals surface area contributed by atoms with Crippen LogP contribution in [-0.4, -0.2) is 44.4 Å². The lowest BCUT2D eigenvalue weighted by Crippen LogP contribution is -2.36. The minimum atomic E-state index is -4.93. The highest BCUT2D eigenvalue weighted by Crippen LogP contribution is 2.40. The van der Waals surface area contributed by atoms with Crippen LogP contribution in [0.4, 0.5) is 43.5 Å². The zero-order valence-electron chi connectivity index (χ0n) is 27.5. The van der Waals surface area contributed by atoms with Crippen LogP contribution < -0.4 is 14.7 Å².